The second-order valence-corrected chi connectivity index (χ2v) is 9.87. The second-order valence-electron chi connectivity index (χ2n) is 7.70. The van der Waals surface area contributed by atoms with E-state index in [-0.39, 0.29) is 22.7 Å². The standard InChI is InChI=1S/C24H30ClNO5S/c25-20-16-14-19(15-17-20)24(29)21-11-8-9-12-22(21)32(30,31)26-18-10-6-4-2-1-3-5-7-13-23(27)28/h8-9,11-12,14-17,26H,1-7,10,13,18H2,(H,27,28). The van der Waals surface area contributed by atoms with Crippen LogP contribution in [-0.4, -0.2) is 31.8 Å². The summed E-state index contributed by atoms with van der Waals surface area (Å²) in [5, 5.41) is 9.10. The summed E-state index contributed by atoms with van der Waals surface area (Å²) >= 11 is 5.87. The SMILES string of the molecule is O=C(O)CCCCCCCCCCNS(=O)(=O)c1ccccc1C(=O)c1ccc(Cl)cc1. The Morgan fingerprint density at radius 2 is 1.38 bits per heavy atom. The highest BCUT2D eigenvalue weighted by Gasteiger charge is 2.22. The first-order valence-corrected chi connectivity index (χ1v) is 12.8. The molecule has 32 heavy (non-hydrogen) atoms. The summed E-state index contributed by atoms with van der Waals surface area (Å²) in [6.07, 6.45) is 7.65. The van der Waals surface area contributed by atoms with Gasteiger partial charge in [-0.1, -0.05) is 62.3 Å². The maximum Gasteiger partial charge on any atom is 0.303 e. The van der Waals surface area contributed by atoms with Crippen molar-refractivity contribution < 1.29 is 23.1 Å². The number of carboxylic acids is 1. The lowest BCUT2D eigenvalue weighted by molar-refractivity contribution is -0.137. The quantitative estimate of drug-likeness (QED) is 0.261. The Balaban J connectivity index is 1.79. The Bertz CT molecular complexity index is 990. The lowest BCUT2D eigenvalue weighted by atomic mass is 10.0. The number of carbonyl (C=O) groups excluding carboxylic acids is 1. The van der Waals surface area contributed by atoms with Crippen molar-refractivity contribution in [2.75, 3.05) is 6.54 Å². The van der Waals surface area contributed by atoms with Gasteiger partial charge in [0, 0.05) is 29.1 Å². The van der Waals surface area contributed by atoms with Crippen LogP contribution in [0.3, 0.4) is 0 Å². The van der Waals surface area contributed by atoms with Crippen LogP contribution in [0.5, 0.6) is 0 Å². The number of ketones is 1. The number of sulfonamides is 1. The van der Waals surface area contributed by atoms with Gasteiger partial charge in [0.15, 0.2) is 5.78 Å². The van der Waals surface area contributed by atoms with E-state index in [2.05, 4.69) is 4.72 Å². The zero-order valence-electron chi connectivity index (χ0n) is 18.1. The van der Waals surface area contributed by atoms with Crippen molar-refractivity contribution >= 4 is 33.4 Å². The summed E-state index contributed by atoms with van der Waals surface area (Å²) in [6.45, 7) is 0.310. The third kappa shape index (κ3) is 8.73. The summed E-state index contributed by atoms with van der Waals surface area (Å²) in [7, 11) is -3.81. The number of aliphatic carboxylic acids is 1. The highest BCUT2D eigenvalue weighted by atomic mass is 35.5. The molecular formula is C24H30ClNO5S. The summed E-state index contributed by atoms with van der Waals surface area (Å²) in [4.78, 5) is 23.3. The number of carbonyl (C=O) groups is 2. The molecule has 0 aliphatic rings. The van der Waals surface area contributed by atoms with E-state index in [0.29, 0.717) is 23.6 Å². The lowest BCUT2D eigenvalue weighted by Crippen LogP contribution is -2.26. The van der Waals surface area contributed by atoms with E-state index in [1.54, 1.807) is 36.4 Å². The fraction of sp³-hybridized carbons (Fsp3) is 0.417. The van der Waals surface area contributed by atoms with Crippen molar-refractivity contribution in [2.45, 2.75) is 62.7 Å². The van der Waals surface area contributed by atoms with Crippen molar-refractivity contribution in [3.8, 4) is 0 Å². The van der Waals surface area contributed by atoms with Gasteiger partial charge < -0.3 is 5.11 Å². The molecule has 0 aliphatic heterocycles. The van der Waals surface area contributed by atoms with Crippen LogP contribution in [0.1, 0.15) is 73.7 Å². The Hall–Kier alpha value is -2.22. The molecule has 0 aromatic heterocycles. The fourth-order valence-corrected chi connectivity index (χ4v) is 4.79. The number of rotatable bonds is 15. The van der Waals surface area contributed by atoms with E-state index >= 15 is 0 Å². The molecule has 2 aromatic carbocycles. The van der Waals surface area contributed by atoms with Crippen LogP contribution in [-0.2, 0) is 14.8 Å². The van der Waals surface area contributed by atoms with E-state index in [1.165, 1.54) is 12.1 Å². The van der Waals surface area contributed by atoms with Crippen molar-refractivity contribution in [1.82, 2.24) is 4.72 Å². The number of unbranched alkanes of at least 4 members (excludes halogenated alkanes) is 7. The highest BCUT2D eigenvalue weighted by molar-refractivity contribution is 7.89. The van der Waals surface area contributed by atoms with Gasteiger partial charge in [0.2, 0.25) is 10.0 Å². The Morgan fingerprint density at radius 3 is 2.00 bits per heavy atom. The van der Waals surface area contributed by atoms with Crippen molar-refractivity contribution in [3.63, 3.8) is 0 Å². The minimum absolute atomic E-state index is 0.0266. The van der Waals surface area contributed by atoms with E-state index in [1.807, 2.05) is 0 Å². The van der Waals surface area contributed by atoms with Gasteiger partial charge >= 0.3 is 5.97 Å². The molecule has 0 heterocycles. The molecule has 0 bridgehead atoms. The van der Waals surface area contributed by atoms with Gasteiger partial charge in [-0.15, -0.1) is 0 Å². The normalized spacial score (nSPS) is 11.4. The Labute approximate surface area is 195 Å². The summed E-state index contributed by atoms with van der Waals surface area (Å²) in [5.41, 5.74) is 0.505. The maximum absolute atomic E-state index is 12.8. The minimum Gasteiger partial charge on any atom is -0.481 e. The maximum atomic E-state index is 12.8. The first kappa shape index (κ1) is 26.0. The van der Waals surface area contributed by atoms with Crippen molar-refractivity contribution in [2.24, 2.45) is 0 Å². The van der Waals surface area contributed by atoms with Crippen LogP contribution < -0.4 is 4.72 Å². The molecule has 0 spiro atoms. The minimum atomic E-state index is -3.81. The van der Waals surface area contributed by atoms with Crippen LogP contribution in [0.4, 0.5) is 0 Å². The molecule has 0 unspecified atom stereocenters. The lowest BCUT2D eigenvalue weighted by Gasteiger charge is -2.11. The molecule has 0 fully saturated rings. The number of benzene rings is 2. The predicted molar refractivity (Wildman–Crippen MR) is 126 cm³/mol. The molecule has 0 atom stereocenters. The summed E-state index contributed by atoms with van der Waals surface area (Å²) in [6, 6.07) is 12.5. The molecule has 6 nitrogen and oxygen atoms in total. The van der Waals surface area contributed by atoms with Crippen LogP contribution in [0.15, 0.2) is 53.4 Å². The zero-order chi connectivity index (χ0) is 23.4. The third-order valence-corrected chi connectivity index (χ3v) is 6.91. The van der Waals surface area contributed by atoms with E-state index < -0.39 is 16.0 Å². The molecule has 2 rings (SSSR count). The Kier molecular flexibility index (Phi) is 10.9. The van der Waals surface area contributed by atoms with Crippen molar-refractivity contribution in [1.29, 1.82) is 0 Å². The Morgan fingerprint density at radius 1 is 0.812 bits per heavy atom. The number of hydrogen-bond acceptors (Lipinski definition) is 4. The van der Waals surface area contributed by atoms with E-state index in [0.717, 1.165) is 44.9 Å². The summed E-state index contributed by atoms with van der Waals surface area (Å²) in [5.74, 6) is -1.12. The number of hydrogen-bond donors (Lipinski definition) is 2. The number of halogens is 1. The topological polar surface area (TPSA) is 101 Å². The highest BCUT2D eigenvalue weighted by Crippen LogP contribution is 2.20. The van der Waals surface area contributed by atoms with Gasteiger partial charge in [-0.25, -0.2) is 13.1 Å². The zero-order valence-corrected chi connectivity index (χ0v) is 19.6. The molecule has 0 saturated heterocycles. The number of carboxylic acid groups (broad SMARTS) is 1. The molecule has 2 N–H and O–H groups in total. The molecule has 0 radical (unpaired) electrons. The molecule has 0 aliphatic carbocycles. The van der Waals surface area contributed by atoms with Gasteiger partial charge in [0.1, 0.15) is 0 Å². The van der Waals surface area contributed by atoms with Crippen molar-refractivity contribution in [3.05, 3.63) is 64.7 Å². The van der Waals surface area contributed by atoms with Crippen LogP contribution >= 0.6 is 11.6 Å². The summed E-state index contributed by atoms with van der Waals surface area (Å²) < 4.78 is 28.2. The first-order valence-electron chi connectivity index (χ1n) is 10.9. The van der Waals surface area contributed by atoms with Gasteiger partial charge in [-0.2, -0.15) is 0 Å². The molecule has 174 valence electrons. The average Bonchev–Trinajstić information content (AvgIpc) is 2.77. The van der Waals surface area contributed by atoms with E-state index in [9.17, 15) is 18.0 Å². The average molecular weight is 480 g/mol. The number of nitrogens with one attached hydrogen (secondary N) is 1. The predicted octanol–water partition coefficient (Wildman–Crippen LogP) is 5.44. The van der Waals surface area contributed by atoms with Crippen LogP contribution in [0.2, 0.25) is 5.02 Å². The molecule has 8 heteroatoms. The van der Waals surface area contributed by atoms with Crippen LogP contribution in [0, 0.1) is 0 Å². The van der Waals surface area contributed by atoms with Crippen LogP contribution in [0.25, 0.3) is 0 Å². The largest absolute Gasteiger partial charge is 0.481 e. The van der Waals surface area contributed by atoms with E-state index in [4.69, 9.17) is 16.7 Å². The van der Waals surface area contributed by atoms with Gasteiger partial charge in [-0.3, -0.25) is 9.59 Å². The van der Waals surface area contributed by atoms with Gasteiger partial charge in [-0.05, 0) is 49.2 Å². The monoisotopic (exact) mass is 479 g/mol. The third-order valence-electron chi connectivity index (χ3n) is 5.14. The fourth-order valence-electron chi connectivity index (χ4n) is 3.39. The molecular weight excluding hydrogens is 450 g/mol. The van der Waals surface area contributed by atoms with Gasteiger partial charge in [0.05, 0.1) is 4.90 Å². The second kappa shape index (κ2) is 13.4. The molecule has 2 aromatic rings. The molecule has 0 amide bonds. The molecule has 0 saturated carbocycles. The first-order chi connectivity index (χ1) is 15.3. The smallest absolute Gasteiger partial charge is 0.303 e. The van der Waals surface area contributed by atoms with Gasteiger partial charge in [0.25, 0.3) is 0 Å².